The molecule has 4 heteroatoms. The van der Waals surface area contributed by atoms with Crippen LogP contribution >= 0.6 is 12.4 Å². The van der Waals surface area contributed by atoms with Crippen molar-refractivity contribution in [3.05, 3.63) is 71.8 Å². The molecule has 1 atom stereocenters. The Labute approximate surface area is 150 Å². The molecule has 1 aliphatic rings. The van der Waals surface area contributed by atoms with Crippen LogP contribution in [0, 0.1) is 0 Å². The zero-order valence-corrected chi connectivity index (χ0v) is 14.9. The molecule has 0 saturated carbocycles. The highest BCUT2D eigenvalue weighted by atomic mass is 35.5. The van der Waals surface area contributed by atoms with Gasteiger partial charge in [0.25, 0.3) is 0 Å². The number of rotatable bonds is 5. The van der Waals surface area contributed by atoms with Crippen molar-refractivity contribution in [1.29, 1.82) is 0 Å². The van der Waals surface area contributed by atoms with E-state index in [1.54, 1.807) is 0 Å². The summed E-state index contributed by atoms with van der Waals surface area (Å²) in [6.45, 7) is 2.33. The Morgan fingerprint density at radius 2 is 1.58 bits per heavy atom. The van der Waals surface area contributed by atoms with Gasteiger partial charge in [0.2, 0.25) is 0 Å². The van der Waals surface area contributed by atoms with Crippen molar-refractivity contribution in [2.75, 3.05) is 26.7 Å². The highest BCUT2D eigenvalue weighted by Crippen LogP contribution is 2.30. The van der Waals surface area contributed by atoms with E-state index < -0.39 is 5.60 Å². The Bertz CT molecular complexity index is 566. The molecule has 0 aromatic heterocycles. The topological polar surface area (TPSA) is 32.7 Å². The molecule has 0 radical (unpaired) electrons. The lowest BCUT2D eigenvalue weighted by molar-refractivity contribution is -0.0712. The molecule has 0 bridgehead atoms. The molecule has 1 N–H and O–H groups in total. The Kier molecular flexibility index (Phi) is 6.81. The van der Waals surface area contributed by atoms with E-state index in [2.05, 4.69) is 11.9 Å². The Morgan fingerprint density at radius 3 is 2.08 bits per heavy atom. The van der Waals surface area contributed by atoms with Gasteiger partial charge in [-0.15, -0.1) is 12.4 Å². The number of likely N-dealkylation sites (tertiary alicyclic amines) is 1. The summed E-state index contributed by atoms with van der Waals surface area (Å²) in [5, 5.41) is 11.4. The normalized spacial score (nSPS) is 18.8. The molecule has 0 spiro atoms. The lowest BCUT2D eigenvalue weighted by Gasteiger charge is -2.34. The van der Waals surface area contributed by atoms with E-state index in [9.17, 15) is 5.11 Å². The molecule has 0 aliphatic carbocycles. The van der Waals surface area contributed by atoms with Crippen LogP contribution in [0.15, 0.2) is 60.7 Å². The summed E-state index contributed by atoms with van der Waals surface area (Å²) in [5.74, 6) is 0. The van der Waals surface area contributed by atoms with Gasteiger partial charge in [-0.1, -0.05) is 60.7 Å². The number of nitrogens with zero attached hydrogens (tertiary/aromatic N) is 1. The van der Waals surface area contributed by atoms with Crippen LogP contribution in [0.25, 0.3) is 0 Å². The van der Waals surface area contributed by atoms with Crippen LogP contribution in [-0.2, 0) is 10.3 Å². The smallest absolute Gasteiger partial charge is 0.138 e. The van der Waals surface area contributed by atoms with Gasteiger partial charge < -0.3 is 14.7 Å². The van der Waals surface area contributed by atoms with Gasteiger partial charge in [-0.3, -0.25) is 0 Å². The quantitative estimate of drug-likeness (QED) is 0.899. The van der Waals surface area contributed by atoms with Gasteiger partial charge in [0, 0.05) is 6.54 Å². The van der Waals surface area contributed by atoms with Crippen LogP contribution in [-0.4, -0.2) is 42.9 Å². The van der Waals surface area contributed by atoms with Crippen molar-refractivity contribution in [3.63, 3.8) is 0 Å². The minimum Gasteiger partial charge on any atom is -0.378 e. The second-order valence-corrected chi connectivity index (χ2v) is 6.43. The monoisotopic (exact) mass is 347 g/mol. The highest BCUT2D eigenvalue weighted by molar-refractivity contribution is 5.85. The standard InChI is InChI=1S/C20H25NO2.ClH/c1-21-14-8-13-19(15-21)23-16-20(22,17-9-4-2-5-10-17)18-11-6-3-7-12-18;/h2-7,9-12,19,22H,8,13-16H2,1H3;1H. The van der Waals surface area contributed by atoms with Crippen LogP contribution in [0.3, 0.4) is 0 Å². The van der Waals surface area contributed by atoms with E-state index in [1.807, 2.05) is 60.7 Å². The van der Waals surface area contributed by atoms with Crippen LogP contribution in [0.1, 0.15) is 24.0 Å². The minimum atomic E-state index is -1.11. The van der Waals surface area contributed by atoms with Crippen molar-refractivity contribution >= 4 is 12.4 Å². The maximum atomic E-state index is 11.4. The second kappa shape index (κ2) is 8.63. The molecule has 2 aromatic rings. The molecular formula is C20H26ClNO2. The highest BCUT2D eigenvalue weighted by Gasteiger charge is 2.33. The van der Waals surface area contributed by atoms with Gasteiger partial charge in [0.15, 0.2) is 0 Å². The third-order valence-electron chi connectivity index (χ3n) is 4.61. The molecule has 2 aromatic carbocycles. The van der Waals surface area contributed by atoms with E-state index in [1.165, 1.54) is 0 Å². The van der Waals surface area contributed by atoms with Crippen LogP contribution in [0.2, 0.25) is 0 Å². The van der Waals surface area contributed by atoms with E-state index in [0.717, 1.165) is 37.1 Å². The third kappa shape index (κ3) is 4.37. The number of hydrogen-bond acceptors (Lipinski definition) is 3. The lowest BCUT2D eigenvalue weighted by Crippen LogP contribution is -2.41. The summed E-state index contributed by atoms with van der Waals surface area (Å²) in [7, 11) is 2.12. The van der Waals surface area contributed by atoms with E-state index in [0.29, 0.717) is 0 Å². The second-order valence-electron chi connectivity index (χ2n) is 6.43. The van der Waals surface area contributed by atoms with Crippen molar-refractivity contribution in [2.45, 2.75) is 24.5 Å². The maximum Gasteiger partial charge on any atom is 0.138 e. The fourth-order valence-electron chi connectivity index (χ4n) is 3.25. The fourth-order valence-corrected chi connectivity index (χ4v) is 3.25. The van der Waals surface area contributed by atoms with Gasteiger partial charge in [0.1, 0.15) is 5.60 Å². The van der Waals surface area contributed by atoms with Crippen molar-refractivity contribution in [3.8, 4) is 0 Å². The summed E-state index contributed by atoms with van der Waals surface area (Å²) < 4.78 is 6.14. The first-order chi connectivity index (χ1) is 11.2. The van der Waals surface area contributed by atoms with Crippen molar-refractivity contribution in [1.82, 2.24) is 4.90 Å². The molecule has 24 heavy (non-hydrogen) atoms. The summed E-state index contributed by atoms with van der Waals surface area (Å²) >= 11 is 0. The van der Waals surface area contributed by atoms with E-state index in [-0.39, 0.29) is 25.1 Å². The molecule has 3 nitrogen and oxygen atoms in total. The molecular weight excluding hydrogens is 322 g/mol. The molecule has 1 saturated heterocycles. The summed E-state index contributed by atoms with van der Waals surface area (Å²) in [6, 6.07) is 19.6. The number of piperidine rings is 1. The average Bonchev–Trinajstić information content (AvgIpc) is 2.61. The molecule has 1 unspecified atom stereocenters. The summed E-state index contributed by atoms with van der Waals surface area (Å²) in [4.78, 5) is 2.29. The van der Waals surface area contributed by atoms with Crippen LogP contribution in [0.5, 0.6) is 0 Å². The molecule has 0 amide bonds. The van der Waals surface area contributed by atoms with E-state index in [4.69, 9.17) is 4.74 Å². The average molecular weight is 348 g/mol. The molecule has 1 fully saturated rings. The molecule has 1 aliphatic heterocycles. The zero-order valence-electron chi connectivity index (χ0n) is 14.1. The first-order valence-corrected chi connectivity index (χ1v) is 8.32. The van der Waals surface area contributed by atoms with Gasteiger partial charge >= 0.3 is 0 Å². The number of halogens is 1. The molecule has 1 heterocycles. The first-order valence-electron chi connectivity index (χ1n) is 8.32. The predicted octanol–water partition coefficient (Wildman–Crippen LogP) is 3.46. The zero-order chi connectivity index (χ0) is 16.1. The third-order valence-corrected chi connectivity index (χ3v) is 4.61. The lowest BCUT2D eigenvalue weighted by atomic mass is 9.87. The summed E-state index contributed by atoms with van der Waals surface area (Å²) in [6.07, 6.45) is 2.40. The number of aliphatic hydroxyl groups is 1. The van der Waals surface area contributed by atoms with Crippen LogP contribution < -0.4 is 0 Å². The van der Waals surface area contributed by atoms with Gasteiger partial charge in [-0.25, -0.2) is 0 Å². The van der Waals surface area contributed by atoms with Gasteiger partial charge in [-0.2, -0.15) is 0 Å². The SMILES string of the molecule is CN1CCCC(OCC(O)(c2ccccc2)c2ccccc2)C1.Cl. The molecule has 130 valence electrons. The molecule has 3 rings (SSSR count). The number of likely N-dealkylation sites (N-methyl/N-ethyl adjacent to an activating group) is 1. The number of ether oxygens (including phenoxy) is 1. The number of hydrogen-bond donors (Lipinski definition) is 1. The Morgan fingerprint density at radius 1 is 1.04 bits per heavy atom. The fraction of sp³-hybridized carbons (Fsp3) is 0.400. The van der Waals surface area contributed by atoms with E-state index >= 15 is 0 Å². The van der Waals surface area contributed by atoms with Crippen molar-refractivity contribution in [2.24, 2.45) is 0 Å². The van der Waals surface area contributed by atoms with Gasteiger partial charge in [0.05, 0.1) is 12.7 Å². The Balaban J connectivity index is 0.00000208. The van der Waals surface area contributed by atoms with Gasteiger partial charge in [-0.05, 0) is 37.6 Å². The maximum absolute atomic E-state index is 11.4. The predicted molar refractivity (Wildman–Crippen MR) is 99.6 cm³/mol. The van der Waals surface area contributed by atoms with Crippen molar-refractivity contribution < 1.29 is 9.84 Å². The largest absolute Gasteiger partial charge is 0.378 e. The summed E-state index contributed by atoms with van der Waals surface area (Å²) in [5.41, 5.74) is 0.629. The first kappa shape index (κ1) is 18.9. The van der Waals surface area contributed by atoms with Crippen LogP contribution in [0.4, 0.5) is 0 Å². The Hall–Kier alpha value is -1.39. The number of benzene rings is 2. The minimum absolute atomic E-state index is 0.